The topological polar surface area (TPSA) is 83.7 Å². The smallest absolute Gasteiger partial charge is 0.306 e. The Morgan fingerprint density at radius 2 is 2.00 bits per heavy atom. The summed E-state index contributed by atoms with van der Waals surface area (Å²) in [5.41, 5.74) is 0.769. The molecular formula is C15H18N2O5. The average molecular weight is 306 g/mol. The van der Waals surface area contributed by atoms with Gasteiger partial charge in [-0.3, -0.25) is 4.79 Å². The van der Waals surface area contributed by atoms with Crippen molar-refractivity contribution in [3.63, 3.8) is 0 Å². The number of ether oxygens (including phenoxy) is 3. The van der Waals surface area contributed by atoms with Gasteiger partial charge < -0.3 is 18.7 Å². The molecule has 0 aliphatic heterocycles. The van der Waals surface area contributed by atoms with Crippen LogP contribution in [0.1, 0.15) is 18.7 Å². The minimum atomic E-state index is -0.312. The van der Waals surface area contributed by atoms with Crippen LogP contribution in [0.2, 0.25) is 0 Å². The maximum Gasteiger partial charge on any atom is 0.306 e. The summed E-state index contributed by atoms with van der Waals surface area (Å²) < 4.78 is 20.2. The van der Waals surface area contributed by atoms with Crippen molar-refractivity contribution in [1.82, 2.24) is 10.1 Å². The highest BCUT2D eigenvalue weighted by Crippen LogP contribution is 2.20. The summed E-state index contributed by atoms with van der Waals surface area (Å²) in [5, 5.41) is 3.78. The van der Waals surface area contributed by atoms with Crippen molar-refractivity contribution in [3.8, 4) is 17.2 Å². The van der Waals surface area contributed by atoms with Gasteiger partial charge in [-0.25, -0.2) is 0 Å². The number of carbonyl (C=O) groups excluding carboxylic acids is 1. The number of esters is 1. The maximum absolute atomic E-state index is 11.5. The minimum Gasteiger partial charge on any atom is -0.497 e. The van der Waals surface area contributed by atoms with Crippen molar-refractivity contribution in [2.45, 2.75) is 19.4 Å². The molecule has 0 aliphatic carbocycles. The second-order valence-electron chi connectivity index (χ2n) is 4.50. The number of rotatable bonds is 8. The van der Waals surface area contributed by atoms with Crippen molar-refractivity contribution >= 4 is 5.97 Å². The molecule has 1 aromatic heterocycles. The number of methoxy groups -OCH3 is 2. The second kappa shape index (κ2) is 8.14. The molecule has 0 unspecified atom stereocenters. The van der Waals surface area contributed by atoms with Crippen molar-refractivity contribution in [1.29, 1.82) is 0 Å². The van der Waals surface area contributed by atoms with Gasteiger partial charge in [0.15, 0.2) is 6.61 Å². The molecule has 0 aliphatic rings. The lowest BCUT2D eigenvalue weighted by atomic mass is 10.2. The first-order chi connectivity index (χ1) is 10.7. The Bertz CT molecular complexity index is 594. The van der Waals surface area contributed by atoms with E-state index < -0.39 is 0 Å². The molecule has 0 fully saturated rings. The number of hydrogen-bond donors (Lipinski definition) is 0. The molecule has 22 heavy (non-hydrogen) atoms. The fourth-order valence-electron chi connectivity index (χ4n) is 1.74. The van der Waals surface area contributed by atoms with Crippen LogP contribution in [0.15, 0.2) is 28.8 Å². The van der Waals surface area contributed by atoms with Crippen LogP contribution >= 0.6 is 0 Å². The van der Waals surface area contributed by atoms with Crippen molar-refractivity contribution in [2.24, 2.45) is 0 Å². The Morgan fingerprint density at radius 1 is 1.23 bits per heavy atom. The molecule has 7 heteroatoms. The lowest BCUT2D eigenvalue weighted by molar-refractivity contribution is -0.145. The van der Waals surface area contributed by atoms with E-state index in [1.54, 1.807) is 26.4 Å². The van der Waals surface area contributed by atoms with Crippen LogP contribution in [0, 0.1) is 0 Å². The van der Waals surface area contributed by atoms with Gasteiger partial charge in [-0.2, -0.15) is 4.98 Å². The van der Waals surface area contributed by atoms with Gasteiger partial charge in [-0.15, -0.1) is 0 Å². The fraction of sp³-hybridized carbons (Fsp3) is 0.400. The molecule has 1 aromatic carbocycles. The standard InChI is InChI=1S/C15H18N2O5/c1-19-9-3-4-14(18)21-10-13-16-15(22-17-13)11-5-7-12(20-2)8-6-11/h5-8H,3-4,9-10H2,1-2H3. The van der Waals surface area contributed by atoms with Gasteiger partial charge in [0.05, 0.1) is 7.11 Å². The largest absolute Gasteiger partial charge is 0.497 e. The normalized spacial score (nSPS) is 10.5. The van der Waals surface area contributed by atoms with Crippen LogP contribution in [0.5, 0.6) is 5.75 Å². The summed E-state index contributed by atoms with van der Waals surface area (Å²) in [6, 6.07) is 7.23. The van der Waals surface area contributed by atoms with E-state index in [9.17, 15) is 4.79 Å². The predicted octanol–water partition coefficient (Wildman–Crippen LogP) is 2.21. The summed E-state index contributed by atoms with van der Waals surface area (Å²) in [4.78, 5) is 15.6. The predicted molar refractivity (Wildman–Crippen MR) is 77.2 cm³/mol. The fourth-order valence-corrected chi connectivity index (χ4v) is 1.74. The summed E-state index contributed by atoms with van der Waals surface area (Å²) in [7, 11) is 3.19. The zero-order valence-electron chi connectivity index (χ0n) is 12.6. The SMILES string of the molecule is COCCCC(=O)OCc1noc(-c2ccc(OC)cc2)n1. The van der Waals surface area contributed by atoms with Gasteiger partial charge in [-0.1, -0.05) is 5.16 Å². The van der Waals surface area contributed by atoms with Crippen LogP contribution in [0.4, 0.5) is 0 Å². The average Bonchev–Trinajstić information content (AvgIpc) is 3.02. The summed E-state index contributed by atoms with van der Waals surface area (Å²) >= 11 is 0. The second-order valence-corrected chi connectivity index (χ2v) is 4.50. The Kier molecular flexibility index (Phi) is 5.91. The number of nitrogens with zero attached hydrogens (tertiary/aromatic N) is 2. The Balaban J connectivity index is 1.86. The van der Waals surface area contributed by atoms with Gasteiger partial charge in [0.25, 0.3) is 5.89 Å². The molecule has 118 valence electrons. The lowest BCUT2D eigenvalue weighted by Gasteiger charge is -2.01. The molecule has 2 rings (SSSR count). The van der Waals surface area contributed by atoms with Crippen LogP contribution in [0.25, 0.3) is 11.5 Å². The van der Waals surface area contributed by atoms with E-state index in [1.165, 1.54) is 0 Å². The molecule has 2 aromatic rings. The quantitative estimate of drug-likeness (QED) is 0.546. The van der Waals surface area contributed by atoms with Gasteiger partial charge in [0.2, 0.25) is 5.82 Å². The highest BCUT2D eigenvalue weighted by atomic mass is 16.5. The van der Waals surface area contributed by atoms with E-state index in [-0.39, 0.29) is 12.6 Å². The lowest BCUT2D eigenvalue weighted by Crippen LogP contribution is -2.06. The molecule has 0 saturated carbocycles. The van der Waals surface area contributed by atoms with E-state index in [4.69, 9.17) is 18.7 Å². The maximum atomic E-state index is 11.5. The third-order valence-electron chi connectivity index (χ3n) is 2.90. The summed E-state index contributed by atoms with van der Waals surface area (Å²) in [5.74, 6) is 1.13. The molecule has 0 N–H and O–H groups in total. The minimum absolute atomic E-state index is 0.00846. The van der Waals surface area contributed by atoms with E-state index in [2.05, 4.69) is 10.1 Å². The Morgan fingerprint density at radius 3 is 2.68 bits per heavy atom. The number of aromatic nitrogens is 2. The summed E-state index contributed by atoms with van der Waals surface area (Å²) in [6.45, 7) is 0.518. The highest BCUT2D eigenvalue weighted by molar-refractivity contribution is 5.69. The summed E-state index contributed by atoms with van der Waals surface area (Å²) in [6.07, 6.45) is 0.926. The molecule has 7 nitrogen and oxygen atoms in total. The number of benzene rings is 1. The first kappa shape index (κ1) is 16.0. The first-order valence-electron chi connectivity index (χ1n) is 6.84. The van der Waals surface area contributed by atoms with E-state index in [1.807, 2.05) is 12.1 Å². The van der Waals surface area contributed by atoms with Gasteiger partial charge >= 0.3 is 5.97 Å². The molecule has 0 spiro atoms. The van der Waals surface area contributed by atoms with Crippen LogP contribution in [-0.4, -0.2) is 36.9 Å². The third-order valence-corrected chi connectivity index (χ3v) is 2.90. The van der Waals surface area contributed by atoms with Crippen LogP contribution < -0.4 is 4.74 Å². The molecule has 0 saturated heterocycles. The first-order valence-corrected chi connectivity index (χ1v) is 6.84. The van der Waals surface area contributed by atoms with Crippen LogP contribution in [0.3, 0.4) is 0 Å². The molecule has 1 heterocycles. The van der Waals surface area contributed by atoms with Crippen molar-refractivity contribution in [3.05, 3.63) is 30.1 Å². The van der Waals surface area contributed by atoms with Crippen molar-refractivity contribution < 1.29 is 23.5 Å². The zero-order valence-corrected chi connectivity index (χ0v) is 12.6. The van der Waals surface area contributed by atoms with Crippen LogP contribution in [-0.2, 0) is 20.9 Å². The third kappa shape index (κ3) is 4.56. The van der Waals surface area contributed by atoms with E-state index >= 15 is 0 Å². The Hall–Kier alpha value is -2.41. The monoisotopic (exact) mass is 306 g/mol. The molecule has 0 radical (unpaired) electrons. The molecule has 0 amide bonds. The van der Waals surface area contributed by atoms with Gasteiger partial charge in [-0.05, 0) is 30.7 Å². The zero-order chi connectivity index (χ0) is 15.8. The van der Waals surface area contributed by atoms with E-state index in [0.717, 1.165) is 11.3 Å². The van der Waals surface area contributed by atoms with Gasteiger partial charge in [0, 0.05) is 25.7 Å². The number of carbonyl (C=O) groups is 1. The molecule has 0 bridgehead atoms. The van der Waals surface area contributed by atoms with E-state index in [0.29, 0.717) is 31.2 Å². The highest BCUT2D eigenvalue weighted by Gasteiger charge is 2.11. The number of hydrogen-bond acceptors (Lipinski definition) is 7. The van der Waals surface area contributed by atoms with Crippen molar-refractivity contribution in [2.75, 3.05) is 20.8 Å². The molecular weight excluding hydrogens is 288 g/mol. The Labute approximate surface area is 128 Å². The molecule has 0 atom stereocenters. The van der Waals surface area contributed by atoms with Gasteiger partial charge in [0.1, 0.15) is 5.75 Å².